The number of nitrogens with two attached hydrogens (primary N) is 1. The van der Waals surface area contributed by atoms with Crippen LogP contribution in [-0.2, 0) is 0 Å². The summed E-state index contributed by atoms with van der Waals surface area (Å²) in [5, 5.41) is 10.4. The van der Waals surface area contributed by atoms with Gasteiger partial charge in [0.25, 0.3) is 0 Å². The van der Waals surface area contributed by atoms with Gasteiger partial charge in [-0.15, -0.1) is 10.2 Å². The van der Waals surface area contributed by atoms with Crippen molar-refractivity contribution in [3.05, 3.63) is 45.9 Å². The maximum atomic E-state index is 6.18. The smallest absolute Gasteiger partial charge is 0.138 e. The SMILES string of the molecule is CCC(C)c1nnc(C(N)c2ccccc2)s1. The summed E-state index contributed by atoms with van der Waals surface area (Å²) in [6, 6.07) is 9.86. The Morgan fingerprint density at radius 3 is 2.47 bits per heavy atom. The maximum absolute atomic E-state index is 6.18. The van der Waals surface area contributed by atoms with Crippen molar-refractivity contribution in [3.63, 3.8) is 0 Å². The quantitative estimate of drug-likeness (QED) is 0.903. The molecule has 0 saturated carbocycles. The molecule has 2 atom stereocenters. The molecule has 2 rings (SSSR count). The van der Waals surface area contributed by atoms with Gasteiger partial charge in [0, 0.05) is 5.92 Å². The fourth-order valence-electron chi connectivity index (χ4n) is 1.55. The highest BCUT2D eigenvalue weighted by Crippen LogP contribution is 2.27. The third-order valence-electron chi connectivity index (χ3n) is 2.91. The Balaban J connectivity index is 2.20. The van der Waals surface area contributed by atoms with E-state index in [9.17, 15) is 0 Å². The van der Waals surface area contributed by atoms with Gasteiger partial charge in [-0.3, -0.25) is 0 Å². The molecule has 0 amide bonds. The van der Waals surface area contributed by atoms with Crippen molar-refractivity contribution < 1.29 is 0 Å². The predicted molar refractivity (Wildman–Crippen MR) is 71.1 cm³/mol. The molecule has 0 aliphatic rings. The fraction of sp³-hybridized carbons (Fsp3) is 0.385. The molecule has 0 fully saturated rings. The van der Waals surface area contributed by atoms with E-state index >= 15 is 0 Å². The van der Waals surface area contributed by atoms with Crippen LogP contribution in [0.3, 0.4) is 0 Å². The lowest BCUT2D eigenvalue weighted by atomic mass is 10.1. The molecule has 2 N–H and O–H groups in total. The van der Waals surface area contributed by atoms with Gasteiger partial charge in [0.2, 0.25) is 0 Å². The fourth-order valence-corrected chi connectivity index (χ4v) is 2.56. The maximum Gasteiger partial charge on any atom is 0.138 e. The van der Waals surface area contributed by atoms with Gasteiger partial charge in [-0.1, -0.05) is 55.5 Å². The van der Waals surface area contributed by atoms with E-state index in [2.05, 4.69) is 24.0 Å². The van der Waals surface area contributed by atoms with Crippen LogP contribution >= 0.6 is 11.3 Å². The third-order valence-corrected chi connectivity index (χ3v) is 4.15. The first-order valence-corrected chi connectivity index (χ1v) is 6.67. The summed E-state index contributed by atoms with van der Waals surface area (Å²) in [5.74, 6) is 0.462. The molecule has 0 bridgehead atoms. The van der Waals surface area contributed by atoms with Crippen molar-refractivity contribution in [2.24, 2.45) is 5.73 Å². The van der Waals surface area contributed by atoms with E-state index in [1.165, 1.54) is 0 Å². The van der Waals surface area contributed by atoms with Gasteiger partial charge < -0.3 is 5.73 Å². The molecule has 0 aliphatic heterocycles. The van der Waals surface area contributed by atoms with Crippen molar-refractivity contribution in [1.29, 1.82) is 0 Å². The predicted octanol–water partition coefficient (Wildman–Crippen LogP) is 3.10. The lowest BCUT2D eigenvalue weighted by Gasteiger charge is -2.07. The Bertz CT molecular complexity index is 467. The van der Waals surface area contributed by atoms with Crippen LogP contribution in [0, 0.1) is 0 Å². The Labute approximate surface area is 106 Å². The second-order valence-corrected chi connectivity index (χ2v) is 5.22. The van der Waals surface area contributed by atoms with E-state index in [1.54, 1.807) is 11.3 Å². The van der Waals surface area contributed by atoms with E-state index in [1.807, 2.05) is 30.3 Å². The van der Waals surface area contributed by atoms with Crippen LogP contribution in [-0.4, -0.2) is 10.2 Å². The molecule has 17 heavy (non-hydrogen) atoms. The van der Waals surface area contributed by atoms with Gasteiger partial charge in [0.15, 0.2) is 0 Å². The molecule has 2 unspecified atom stereocenters. The van der Waals surface area contributed by atoms with Crippen LogP contribution in [0.4, 0.5) is 0 Å². The lowest BCUT2D eigenvalue weighted by Crippen LogP contribution is -2.11. The molecule has 1 aromatic carbocycles. The van der Waals surface area contributed by atoms with Crippen molar-refractivity contribution in [2.75, 3.05) is 0 Å². The minimum atomic E-state index is -0.161. The summed E-state index contributed by atoms with van der Waals surface area (Å²) in [6.07, 6.45) is 1.08. The topological polar surface area (TPSA) is 51.8 Å². The molecular formula is C13H17N3S. The first kappa shape index (κ1) is 12.2. The van der Waals surface area contributed by atoms with E-state index in [4.69, 9.17) is 5.73 Å². The molecule has 2 aromatic rings. The number of hydrogen-bond donors (Lipinski definition) is 1. The van der Waals surface area contributed by atoms with E-state index in [0.717, 1.165) is 22.0 Å². The normalized spacial score (nSPS) is 14.5. The Morgan fingerprint density at radius 1 is 1.18 bits per heavy atom. The molecule has 0 saturated heterocycles. The number of aromatic nitrogens is 2. The Morgan fingerprint density at radius 2 is 1.82 bits per heavy atom. The average Bonchev–Trinajstić information content (AvgIpc) is 2.87. The summed E-state index contributed by atoms with van der Waals surface area (Å²) in [5.41, 5.74) is 7.26. The molecule has 1 heterocycles. The molecule has 90 valence electrons. The van der Waals surface area contributed by atoms with Crippen molar-refractivity contribution >= 4 is 11.3 Å². The number of rotatable bonds is 4. The minimum absolute atomic E-state index is 0.161. The van der Waals surface area contributed by atoms with Gasteiger partial charge >= 0.3 is 0 Å². The molecular weight excluding hydrogens is 230 g/mol. The highest BCUT2D eigenvalue weighted by molar-refractivity contribution is 7.11. The zero-order valence-electron chi connectivity index (χ0n) is 10.1. The first-order valence-electron chi connectivity index (χ1n) is 5.86. The van der Waals surface area contributed by atoms with Gasteiger partial charge in [-0.2, -0.15) is 0 Å². The zero-order valence-corrected chi connectivity index (χ0v) is 10.9. The average molecular weight is 247 g/mol. The van der Waals surface area contributed by atoms with E-state index in [0.29, 0.717) is 5.92 Å². The Hall–Kier alpha value is -1.26. The van der Waals surface area contributed by atoms with E-state index in [-0.39, 0.29) is 6.04 Å². The molecule has 0 radical (unpaired) electrons. The highest BCUT2D eigenvalue weighted by Gasteiger charge is 2.16. The van der Waals surface area contributed by atoms with Crippen LogP contribution in [0.25, 0.3) is 0 Å². The second-order valence-electron chi connectivity index (χ2n) is 4.18. The molecule has 3 nitrogen and oxygen atoms in total. The number of benzene rings is 1. The summed E-state index contributed by atoms with van der Waals surface area (Å²) >= 11 is 1.62. The second kappa shape index (κ2) is 5.38. The number of hydrogen-bond acceptors (Lipinski definition) is 4. The third kappa shape index (κ3) is 2.70. The summed E-state index contributed by atoms with van der Waals surface area (Å²) < 4.78 is 0. The van der Waals surface area contributed by atoms with Crippen LogP contribution in [0.15, 0.2) is 30.3 Å². The van der Waals surface area contributed by atoms with Crippen molar-refractivity contribution in [1.82, 2.24) is 10.2 Å². The van der Waals surface area contributed by atoms with Crippen LogP contribution in [0.5, 0.6) is 0 Å². The summed E-state index contributed by atoms with van der Waals surface area (Å²) in [6.45, 7) is 4.32. The standard InChI is InChI=1S/C13H17N3S/c1-3-9(2)12-15-16-13(17-12)11(14)10-7-5-4-6-8-10/h4-9,11H,3,14H2,1-2H3. The lowest BCUT2D eigenvalue weighted by molar-refractivity contribution is 0.710. The van der Waals surface area contributed by atoms with Crippen LogP contribution in [0.2, 0.25) is 0 Å². The molecule has 1 aromatic heterocycles. The first-order chi connectivity index (χ1) is 8.22. The molecule has 0 spiro atoms. The monoisotopic (exact) mass is 247 g/mol. The van der Waals surface area contributed by atoms with Gasteiger partial charge in [0.05, 0.1) is 6.04 Å². The highest BCUT2D eigenvalue weighted by atomic mass is 32.1. The van der Waals surface area contributed by atoms with Gasteiger partial charge in [-0.05, 0) is 12.0 Å². The minimum Gasteiger partial charge on any atom is -0.318 e. The summed E-state index contributed by atoms with van der Waals surface area (Å²) in [7, 11) is 0. The molecule has 4 heteroatoms. The van der Waals surface area contributed by atoms with Gasteiger partial charge in [0.1, 0.15) is 10.0 Å². The van der Waals surface area contributed by atoms with Crippen LogP contribution < -0.4 is 5.73 Å². The van der Waals surface area contributed by atoms with Crippen molar-refractivity contribution in [3.8, 4) is 0 Å². The largest absolute Gasteiger partial charge is 0.318 e. The number of nitrogens with zero attached hydrogens (tertiary/aromatic N) is 2. The molecule has 0 aliphatic carbocycles. The summed E-state index contributed by atoms with van der Waals surface area (Å²) in [4.78, 5) is 0. The van der Waals surface area contributed by atoms with Crippen molar-refractivity contribution in [2.45, 2.75) is 32.2 Å². The zero-order chi connectivity index (χ0) is 12.3. The van der Waals surface area contributed by atoms with E-state index < -0.39 is 0 Å². The Kier molecular flexibility index (Phi) is 3.86. The van der Waals surface area contributed by atoms with Crippen LogP contribution in [0.1, 0.15) is 47.8 Å². The van der Waals surface area contributed by atoms with Gasteiger partial charge in [-0.25, -0.2) is 0 Å².